The summed E-state index contributed by atoms with van der Waals surface area (Å²) in [6, 6.07) is 5.06. The molecule has 0 unspecified atom stereocenters. The lowest BCUT2D eigenvalue weighted by molar-refractivity contribution is 0.102. The number of nitrogen functional groups attached to an aromatic ring is 1. The zero-order valence-corrected chi connectivity index (χ0v) is 12.4. The predicted octanol–water partition coefficient (Wildman–Crippen LogP) is 2.34. The van der Waals surface area contributed by atoms with E-state index in [9.17, 15) is 4.79 Å². The van der Waals surface area contributed by atoms with E-state index >= 15 is 0 Å². The fraction of sp³-hybridized carbons (Fsp3) is 0.154. The van der Waals surface area contributed by atoms with Crippen LogP contribution in [0.2, 0.25) is 0 Å². The summed E-state index contributed by atoms with van der Waals surface area (Å²) in [6.07, 6.45) is 3.94. The maximum atomic E-state index is 12.3. The standard InChI is InChI=1S/C13H14BrN5O/c1-2-9-5-8(6-12(17-9)19-15)13(20)18-11-3-4-16-7-10(11)14/h3-7H,2,15H2,1H3,(H,17,19)(H,16,18,20). The number of hydrogen-bond donors (Lipinski definition) is 3. The van der Waals surface area contributed by atoms with E-state index in [4.69, 9.17) is 5.84 Å². The van der Waals surface area contributed by atoms with Crippen molar-refractivity contribution in [1.29, 1.82) is 0 Å². The molecule has 0 bridgehead atoms. The molecule has 0 atom stereocenters. The SMILES string of the molecule is CCc1cc(C(=O)Nc2ccncc2Br)cc(NN)n1. The lowest BCUT2D eigenvalue weighted by Crippen LogP contribution is -2.15. The average Bonchev–Trinajstić information content (AvgIpc) is 2.48. The number of carbonyl (C=O) groups is 1. The fourth-order valence-electron chi connectivity index (χ4n) is 1.64. The molecule has 0 aromatic carbocycles. The number of hydrazine groups is 1. The van der Waals surface area contributed by atoms with Gasteiger partial charge in [-0.25, -0.2) is 10.8 Å². The molecule has 2 rings (SSSR count). The number of halogens is 1. The third-order valence-corrected chi connectivity index (χ3v) is 3.30. The largest absolute Gasteiger partial charge is 0.321 e. The van der Waals surface area contributed by atoms with Crippen LogP contribution in [0, 0.1) is 0 Å². The maximum absolute atomic E-state index is 12.3. The van der Waals surface area contributed by atoms with E-state index in [0.29, 0.717) is 17.1 Å². The third-order valence-electron chi connectivity index (χ3n) is 2.67. The second-order valence-corrected chi connectivity index (χ2v) is 4.89. The van der Waals surface area contributed by atoms with Gasteiger partial charge in [0, 0.05) is 23.7 Å². The van der Waals surface area contributed by atoms with Crippen molar-refractivity contribution < 1.29 is 4.79 Å². The number of nitrogens with two attached hydrogens (primary N) is 1. The van der Waals surface area contributed by atoms with E-state index in [-0.39, 0.29) is 5.91 Å². The minimum Gasteiger partial charge on any atom is -0.321 e. The number of nitrogens with one attached hydrogen (secondary N) is 2. The summed E-state index contributed by atoms with van der Waals surface area (Å²) in [7, 11) is 0. The van der Waals surface area contributed by atoms with Gasteiger partial charge in [-0.1, -0.05) is 6.92 Å². The van der Waals surface area contributed by atoms with Gasteiger partial charge in [-0.2, -0.15) is 0 Å². The summed E-state index contributed by atoms with van der Waals surface area (Å²) in [6.45, 7) is 1.96. The molecule has 104 valence electrons. The van der Waals surface area contributed by atoms with Crippen LogP contribution in [-0.2, 0) is 6.42 Å². The molecule has 7 heteroatoms. The number of rotatable bonds is 4. The van der Waals surface area contributed by atoms with Crippen LogP contribution in [0.3, 0.4) is 0 Å². The van der Waals surface area contributed by atoms with E-state index in [1.165, 1.54) is 0 Å². The van der Waals surface area contributed by atoms with E-state index in [2.05, 4.69) is 36.6 Å². The molecule has 2 aromatic rings. The number of aromatic nitrogens is 2. The van der Waals surface area contributed by atoms with E-state index in [1.54, 1.807) is 30.6 Å². The van der Waals surface area contributed by atoms with Crippen molar-refractivity contribution in [3.8, 4) is 0 Å². The number of nitrogens with zero attached hydrogens (tertiary/aromatic N) is 2. The number of pyridine rings is 2. The Bertz CT molecular complexity index is 610. The lowest BCUT2D eigenvalue weighted by atomic mass is 10.2. The second kappa shape index (κ2) is 6.44. The molecule has 0 fully saturated rings. The minimum atomic E-state index is -0.231. The third kappa shape index (κ3) is 3.31. The van der Waals surface area contributed by atoms with Crippen molar-refractivity contribution in [3.05, 3.63) is 46.3 Å². The summed E-state index contributed by atoms with van der Waals surface area (Å²) < 4.78 is 0.718. The fourth-order valence-corrected chi connectivity index (χ4v) is 1.99. The van der Waals surface area contributed by atoms with Crippen molar-refractivity contribution >= 4 is 33.3 Å². The Balaban J connectivity index is 2.27. The summed E-state index contributed by atoms with van der Waals surface area (Å²) in [5.41, 5.74) is 4.40. The molecule has 4 N–H and O–H groups in total. The first-order valence-corrected chi connectivity index (χ1v) is 6.81. The smallest absolute Gasteiger partial charge is 0.255 e. The Morgan fingerprint density at radius 1 is 1.45 bits per heavy atom. The van der Waals surface area contributed by atoms with Crippen LogP contribution in [0.1, 0.15) is 23.0 Å². The van der Waals surface area contributed by atoms with E-state index < -0.39 is 0 Å². The van der Waals surface area contributed by atoms with Crippen molar-refractivity contribution in [2.75, 3.05) is 10.7 Å². The summed E-state index contributed by atoms with van der Waals surface area (Å²) in [5, 5.41) is 2.81. The molecule has 20 heavy (non-hydrogen) atoms. The van der Waals surface area contributed by atoms with Gasteiger partial charge >= 0.3 is 0 Å². The highest BCUT2D eigenvalue weighted by Gasteiger charge is 2.11. The molecule has 2 heterocycles. The van der Waals surface area contributed by atoms with Crippen LogP contribution in [0.25, 0.3) is 0 Å². The minimum absolute atomic E-state index is 0.231. The van der Waals surface area contributed by atoms with E-state index in [0.717, 1.165) is 16.6 Å². The topological polar surface area (TPSA) is 92.9 Å². The van der Waals surface area contributed by atoms with Crippen LogP contribution >= 0.6 is 15.9 Å². The van der Waals surface area contributed by atoms with Gasteiger partial charge in [0.15, 0.2) is 0 Å². The summed E-state index contributed by atoms with van der Waals surface area (Å²) in [4.78, 5) is 20.4. The van der Waals surface area contributed by atoms with Crippen LogP contribution in [0.4, 0.5) is 11.5 Å². The van der Waals surface area contributed by atoms with Gasteiger partial charge in [0.2, 0.25) is 0 Å². The quantitative estimate of drug-likeness (QED) is 0.589. The Labute approximate surface area is 124 Å². The van der Waals surface area contributed by atoms with Gasteiger partial charge in [-0.05, 0) is 40.5 Å². The van der Waals surface area contributed by atoms with Gasteiger partial charge in [0.1, 0.15) is 5.82 Å². The average molecular weight is 336 g/mol. The summed E-state index contributed by atoms with van der Waals surface area (Å²) >= 11 is 3.33. The van der Waals surface area contributed by atoms with Gasteiger partial charge in [0.25, 0.3) is 5.91 Å². The molecule has 0 aliphatic heterocycles. The Hall–Kier alpha value is -1.99. The van der Waals surface area contributed by atoms with Crippen LogP contribution in [0.5, 0.6) is 0 Å². The Kier molecular flexibility index (Phi) is 4.65. The highest BCUT2D eigenvalue weighted by molar-refractivity contribution is 9.10. The Morgan fingerprint density at radius 3 is 2.90 bits per heavy atom. The lowest BCUT2D eigenvalue weighted by Gasteiger charge is -2.09. The molecule has 0 aliphatic carbocycles. The molecule has 0 aliphatic rings. The van der Waals surface area contributed by atoms with Crippen molar-refractivity contribution in [1.82, 2.24) is 9.97 Å². The highest BCUT2D eigenvalue weighted by Crippen LogP contribution is 2.21. The maximum Gasteiger partial charge on any atom is 0.255 e. The molecule has 2 aromatic heterocycles. The first-order chi connectivity index (χ1) is 9.63. The molecule has 0 spiro atoms. The van der Waals surface area contributed by atoms with Gasteiger partial charge in [-0.15, -0.1) is 0 Å². The monoisotopic (exact) mass is 335 g/mol. The number of aryl methyl sites for hydroxylation is 1. The number of amides is 1. The molecule has 0 saturated carbocycles. The first-order valence-electron chi connectivity index (χ1n) is 6.02. The van der Waals surface area contributed by atoms with Crippen LogP contribution < -0.4 is 16.6 Å². The van der Waals surface area contributed by atoms with Gasteiger partial charge < -0.3 is 10.7 Å². The predicted molar refractivity (Wildman–Crippen MR) is 81.3 cm³/mol. The van der Waals surface area contributed by atoms with Crippen molar-refractivity contribution in [2.45, 2.75) is 13.3 Å². The normalized spacial score (nSPS) is 10.2. The molecule has 6 nitrogen and oxygen atoms in total. The molecular formula is C13H14BrN5O. The highest BCUT2D eigenvalue weighted by atomic mass is 79.9. The van der Waals surface area contributed by atoms with Gasteiger partial charge in [0.05, 0.1) is 10.2 Å². The molecular weight excluding hydrogens is 322 g/mol. The zero-order valence-electron chi connectivity index (χ0n) is 10.9. The van der Waals surface area contributed by atoms with Crippen LogP contribution in [0.15, 0.2) is 35.1 Å². The number of hydrogen-bond acceptors (Lipinski definition) is 5. The van der Waals surface area contributed by atoms with Crippen molar-refractivity contribution in [2.24, 2.45) is 5.84 Å². The Morgan fingerprint density at radius 2 is 2.25 bits per heavy atom. The van der Waals surface area contributed by atoms with E-state index in [1.807, 2.05) is 6.92 Å². The van der Waals surface area contributed by atoms with Gasteiger partial charge in [-0.3, -0.25) is 9.78 Å². The second-order valence-electron chi connectivity index (χ2n) is 4.04. The number of anilines is 2. The molecule has 0 saturated heterocycles. The molecule has 1 amide bonds. The summed E-state index contributed by atoms with van der Waals surface area (Å²) in [5.74, 6) is 5.59. The zero-order chi connectivity index (χ0) is 14.5. The molecule has 0 radical (unpaired) electrons. The van der Waals surface area contributed by atoms with Crippen LogP contribution in [-0.4, -0.2) is 15.9 Å². The first kappa shape index (κ1) is 14.4. The number of carbonyl (C=O) groups excluding carboxylic acids is 1. The van der Waals surface area contributed by atoms with Crippen molar-refractivity contribution in [3.63, 3.8) is 0 Å².